The van der Waals surface area contributed by atoms with Crippen molar-refractivity contribution in [1.29, 1.82) is 0 Å². The molecule has 1 unspecified atom stereocenters. The summed E-state index contributed by atoms with van der Waals surface area (Å²) in [5, 5.41) is 4.65. The number of hydrogen-bond acceptors (Lipinski definition) is 9. The molecule has 1 atom stereocenters. The van der Waals surface area contributed by atoms with Gasteiger partial charge in [0.1, 0.15) is 23.8 Å². The van der Waals surface area contributed by atoms with E-state index in [-0.39, 0.29) is 12.2 Å². The monoisotopic (exact) mass is 449 g/mol. The van der Waals surface area contributed by atoms with Crippen LogP contribution >= 0.6 is 0 Å². The lowest BCUT2D eigenvalue weighted by atomic mass is 10.2. The summed E-state index contributed by atoms with van der Waals surface area (Å²) in [7, 11) is 0. The van der Waals surface area contributed by atoms with Crippen molar-refractivity contribution in [1.82, 2.24) is 25.0 Å². The van der Waals surface area contributed by atoms with Gasteiger partial charge in [0, 0.05) is 30.5 Å². The van der Waals surface area contributed by atoms with Crippen molar-refractivity contribution >= 4 is 28.1 Å². The second kappa shape index (κ2) is 8.19. The molecule has 0 bridgehead atoms. The third kappa shape index (κ3) is 4.64. The van der Waals surface area contributed by atoms with E-state index >= 15 is 0 Å². The van der Waals surface area contributed by atoms with Crippen LogP contribution in [-0.2, 0) is 4.74 Å². The summed E-state index contributed by atoms with van der Waals surface area (Å²) in [5.41, 5.74) is 1.16. The van der Waals surface area contributed by atoms with E-state index in [0.717, 1.165) is 5.39 Å². The molecule has 1 saturated heterocycles. The molecule has 4 aromatic rings. The summed E-state index contributed by atoms with van der Waals surface area (Å²) in [4.78, 5) is 27.0. The molecule has 0 N–H and O–H groups in total. The molecule has 33 heavy (non-hydrogen) atoms. The smallest absolute Gasteiger partial charge is 0.410 e. The molecule has 3 aromatic heterocycles. The fourth-order valence-corrected chi connectivity index (χ4v) is 3.54. The van der Waals surface area contributed by atoms with Crippen LogP contribution in [0.2, 0.25) is 0 Å². The zero-order chi connectivity index (χ0) is 23.0. The van der Waals surface area contributed by atoms with Crippen molar-refractivity contribution in [3.63, 3.8) is 0 Å². The van der Waals surface area contributed by atoms with Crippen LogP contribution in [0.4, 0.5) is 4.79 Å². The quantitative estimate of drug-likeness (QED) is 0.449. The maximum absolute atomic E-state index is 12.3. The van der Waals surface area contributed by atoms with Crippen molar-refractivity contribution < 1.29 is 23.5 Å². The number of rotatable bonds is 4. The Morgan fingerprint density at radius 2 is 2.06 bits per heavy atom. The number of aromatic nitrogens is 4. The van der Waals surface area contributed by atoms with Gasteiger partial charge in [-0.1, -0.05) is 5.16 Å². The number of hydrogen-bond donors (Lipinski definition) is 0. The van der Waals surface area contributed by atoms with E-state index in [4.69, 9.17) is 18.7 Å². The number of ether oxygens (including phenoxy) is 3. The van der Waals surface area contributed by atoms with Crippen LogP contribution in [0.15, 0.2) is 47.4 Å². The SMILES string of the molecule is CC(C)(C)OC(=O)N1CCC(Oc2ccc3ncnc(Oc4ccc5cnoc5c4)c3n2)C1. The Morgan fingerprint density at radius 1 is 1.18 bits per heavy atom. The van der Waals surface area contributed by atoms with Gasteiger partial charge < -0.3 is 23.6 Å². The van der Waals surface area contributed by atoms with E-state index in [2.05, 4.69) is 20.1 Å². The summed E-state index contributed by atoms with van der Waals surface area (Å²) in [6.45, 7) is 6.53. The predicted octanol–water partition coefficient (Wildman–Crippen LogP) is 4.35. The number of carbonyl (C=O) groups excluding carboxylic acids is 1. The molecule has 1 aliphatic heterocycles. The average Bonchev–Trinajstić information content (AvgIpc) is 3.42. The van der Waals surface area contributed by atoms with Gasteiger partial charge in [-0.25, -0.2) is 14.8 Å². The Balaban J connectivity index is 1.32. The first-order valence-electron chi connectivity index (χ1n) is 10.6. The van der Waals surface area contributed by atoms with Crippen LogP contribution in [-0.4, -0.2) is 55.9 Å². The third-order valence-electron chi connectivity index (χ3n) is 5.05. The van der Waals surface area contributed by atoms with Gasteiger partial charge in [0.05, 0.1) is 18.3 Å². The summed E-state index contributed by atoms with van der Waals surface area (Å²) in [5.74, 6) is 1.24. The van der Waals surface area contributed by atoms with Gasteiger partial charge >= 0.3 is 6.09 Å². The van der Waals surface area contributed by atoms with Crippen LogP contribution in [0.3, 0.4) is 0 Å². The molecular formula is C23H23N5O5. The summed E-state index contributed by atoms with van der Waals surface area (Å²) in [6, 6.07) is 8.93. The molecule has 0 radical (unpaired) electrons. The van der Waals surface area contributed by atoms with E-state index in [0.29, 0.717) is 53.6 Å². The molecule has 4 heterocycles. The molecule has 0 saturated carbocycles. The highest BCUT2D eigenvalue weighted by molar-refractivity contribution is 5.80. The lowest BCUT2D eigenvalue weighted by Crippen LogP contribution is -2.36. The first-order valence-corrected chi connectivity index (χ1v) is 10.6. The second-order valence-corrected chi connectivity index (χ2v) is 8.78. The number of nitrogens with zero attached hydrogens (tertiary/aromatic N) is 5. The van der Waals surface area contributed by atoms with Crippen LogP contribution in [0.5, 0.6) is 17.5 Å². The van der Waals surface area contributed by atoms with Gasteiger partial charge in [-0.3, -0.25) is 0 Å². The highest BCUT2D eigenvalue weighted by Gasteiger charge is 2.31. The normalized spacial score (nSPS) is 16.3. The molecule has 10 heteroatoms. The molecule has 170 valence electrons. The van der Waals surface area contributed by atoms with Crippen molar-refractivity contribution in [2.45, 2.75) is 38.9 Å². The standard InChI is InChI=1S/C23H23N5O5/c1-23(2,3)32-22(29)28-9-8-16(12-28)30-19-7-6-17-20(27-19)21(25-13-24-17)31-15-5-4-14-11-26-33-18(14)10-15/h4-7,10-11,13,16H,8-9,12H2,1-3H3. The zero-order valence-corrected chi connectivity index (χ0v) is 18.5. The molecule has 1 aromatic carbocycles. The van der Waals surface area contributed by atoms with Crippen LogP contribution in [0.25, 0.3) is 22.0 Å². The number of likely N-dealkylation sites (tertiary alicyclic amines) is 1. The van der Waals surface area contributed by atoms with E-state index in [1.807, 2.05) is 26.8 Å². The van der Waals surface area contributed by atoms with Gasteiger partial charge in [0.25, 0.3) is 0 Å². The molecule has 10 nitrogen and oxygen atoms in total. The highest BCUT2D eigenvalue weighted by Crippen LogP contribution is 2.29. The minimum Gasteiger partial charge on any atom is -0.472 e. The lowest BCUT2D eigenvalue weighted by molar-refractivity contribution is 0.0275. The highest BCUT2D eigenvalue weighted by atomic mass is 16.6. The van der Waals surface area contributed by atoms with Crippen LogP contribution < -0.4 is 9.47 Å². The second-order valence-electron chi connectivity index (χ2n) is 8.78. The van der Waals surface area contributed by atoms with E-state index in [1.54, 1.807) is 35.4 Å². The molecule has 1 aliphatic rings. The van der Waals surface area contributed by atoms with Gasteiger partial charge in [-0.15, -0.1) is 0 Å². The molecule has 1 fully saturated rings. The number of fused-ring (bicyclic) bond motifs is 2. The predicted molar refractivity (Wildman–Crippen MR) is 118 cm³/mol. The summed E-state index contributed by atoms with van der Waals surface area (Å²) in [6.07, 6.45) is 3.21. The lowest BCUT2D eigenvalue weighted by Gasteiger charge is -2.24. The summed E-state index contributed by atoms with van der Waals surface area (Å²) < 4.78 is 22.7. The van der Waals surface area contributed by atoms with Gasteiger partial charge in [-0.2, -0.15) is 4.98 Å². The first kappa shape index (κ1) is 20.9. The average molecular weight is 449 g/mol. The maximum atomic E-state index is 12.3. The number of benzene rings is 1. The zero-order valence-electron chi connectivity index (χ0n) is 18.5. The Bertz CT molecular complexity index is 1320. The fraction of sp³-hybridized carbons (Fsp3) is 0.348. The molecule has 5 rings (SSSR count). The van der Waals surface area contributed by atoms with Crippen molar-refractivity contribution in [2.24, 2.45) is 0 Å². The maximum Gasteiger partial charge on any atom is 0.410 e. The van der Waals surface area contributed by atoms with Crippen LogP contribution in [0.1, 0.15) is 27.2 Å². The molecule has 0 aliphatic carbocycles. The van der Waals surface area contributed by atoms with E-state index < -0.39 is 5.60 Å². The largest absolute Gasteiger partial charge is 0.472 e. The van der Waals surface area contributed by atoms with Crippen molar-refractivity contribution in [3.05, 3.63) is 42.9 Å². The molecule has 0 spiro atoms. The third-order valence-corrected chi connectivity index (χ3v) is 5.05. The Morgan fingerprint density at radius 3 is 2.91 bits per heavy atom. The minimum absolute atomic E-state index is 0.190. The topological polar surface area (TPSA) is 113 Å². The van der Waals surface area contributed by atoms with E-state index in [9.17, 15) is 4.79 Å². The summed E-state index contributed by atoms with van der Waals surface area (Å²) >= 11 is 0. The molecule has 1 amide bonds. The molecular weight excluding hydrogens is 426 g/mol. The van der Waals surface area contributed by atoms with E-state index in [1.165, 1.54) is 6.33 Å². The minimum atomic E-state index is -0.537. The number of amides is 1. The van der Waals surface area contributed by atoms with Crippen LogP contribution in [0, 0.1) is 0 Å². The Kier molecular flexibility index (Phi) is 5.20. The first-order chi connectivity index (χ1) is 15.8. The van der Waals surface area contributed by atoms with Gasteiger partial charge in [-0.05, 0) is 39.0 Å². The fourth-order valence-electron chi connectivity index (χ4n) is 3.54. The van der Waals surface area contributed by atoms with Gasteiger partial charge in [0.15, 0.2) is 11.1 Å². The van der Waals surface area contributed by atoms with Gasteiger partial charge in [0.2, 0.25) is 11.8 Å². The Labute approximate surface area is 189 Å². The number of pyridine rings is 1. The Hall–Kier alpha value is -3.95. The van der Waals surface area contributed by atoms with Crippen molar-refractivity contribution in [3.8, 4) is 17.5 Å². The van der Waals surface area contributed by atoms with Crippen molar-refractivity contribution in [2.75, 3.05) is 13.1 Å². The number of carbonyl (C=O) groups is 1.